The van der Waals surface area contributed by atoms with E-state index >= 15 is 0 Å². The third-order valence-electron chi connectivity index (χ3n) is 4.27. The molecule has 1 fully saturated rings. The number of ether oxygens (including phenoxy) is 1. The van der Waals surface area contributed by atoms with Gasteiger partial charge in [0.15, 0.2) is 0 Å². The van der Waals surface area contributed by atoms with E-state index in [0.29, 0.717) is 5.02 Å². The van der Waals surface area contributed by atoms with Crippen LogP contribution in [0.2, 0.25) is 10.0 Å². The van der Waals surface area contributed by atoms with E-state index in [1.807, 2.05) is 0 Å². The van der Waals surface area contributed by atoms with Crippen LogP contribution in [0.1, 0.15) is 42.5 Å². The van der Waals surface area contributed by atoms with Crippen molar-refractivity contribution >= 4 is 40.6 Å². The Hall–Kier alpha value is -2.65. The van der Waals surface area contributed by atoms with E-state index in [4.69, 9.17) is 27.9 Å². The van der Waals surface area contributed by atoms with Crippen molar-refractivity contribution in [3.05, 3.63) is 50.2 Å². The minimum atomic E-state index is -0.651. The summed E-state index contributed by atoms with van der Waals surface area (Å²) in [6.07, 6.45) is 5.77. The molecule has 1 amide bonds. The summed E-state index contributed by atoms with van der Waals surface area (Å²) >= 11 is 11.8. The smallest absolute Gasteiger partial charge is 0.374 e. The first-order valence-corrected chi connectivity index (χ1v) is 9.38. The number of nitro groups is 1. The average Bonchev–Trinajstić information content (AvgIpc) is 2.66. The predicted molar refractivity (Wildman–Crippen MR) is 104 cm³/mol. The van der Waals surface area contributed by atoms with Gasteiger partial charge in [-0.15, -0.1) is 0 Å². The number of amides is 1. The van der Waals surface area contributed by atoms with Gasteiger partial charge >= 0.3 is 5.69 Å². The molecule has 2 aromatic rings. The molecular weight excluding hydrogens is 409 g/mol. The predicted octanol–water partition coefficient (Wildman–Crippen LogP) is 4.16. The van der Waals surface area contributed by atoms with Crippen molar-refractivity contribution in [2.45, 2.75) is 38.2 Å². The van der Waals surface area contributed by atoms with Crippen LogP contribution < -0.4 is 15.6 Å². The Morgan fingerprint density at radius 1 is 1.21 bits per heavy atom. The number of hydrogen-bond donors (Lipinski definition) is 2. The lowest BCUT2D eigenvalue weighted by atomic mass is 9.98. The van der Waals surface area contributed by atoms with E-state index in [9.17, 15) is 14.9 Å². The summed E-state index contributed by atoms with van der Waals surface area (Å²) in [6, 6.07) is 4.36. The van der Waals surface area contributed by atoms with Gasteiger partial charge < -0.3 is 4.74 Å². The molecule has 0 radical (unpaired) electrons. The third kappa shape index (κ3) is 4.79. The fourth-order valence-corrected chi connectivity index (χ4v) is 3.40. The molecule has 0 spiro atoms. The summed E-state index contributed by atoms with van der Waals surface area (Å²) in [5, 5.41) is 12.1. The molecular formula is C17H17Cl2N5O4. The Morgan fingerprint density at radius 2 is 1.96 bits per heavy atom. The number of aromatic nitrogens is 2. The highest BCUT2D eigenvalue weighted by molar-refractivity contribution is 6.36. The third-order valence-corrected chi connectivity index (χ3v) is 4.82. The quantitative estimate of drug-likeness (QED) is 0.526. The molecule has 0 aliphatic heterocycles. The van der Waals surface area contributed by atoms with Crippen LogP contribution in [0, 0.1) is 10.1 Å². The zero-order valence-electron chi connectivity index (χ0n) is 14.7. The van der Waals surface area contributed by atoms with Gasteiger partial charge in [-0.3, -0.25) is 25.8 Å². The maximum Gasteiger partial charge on any atom is 0.374 e. The summed E-state index contributed by atoms with van der Waals surface area (Å²) in [7, 11) is 0. The van der Waals surface area contributed by atoms with E-state index in [1.54, 1.807) is 0 Å². The maximum absolute atomic E-state index is 12.3. The van der Waals surface area contributed by atoms with Crippen LogP contribution >= 0.6 is 23.2 Å². The Balaban J connectivity index is 1.76. The van der Waals surface area contributed by atoms with Gasteiger partial charge in [-0.25, -0.2) is 4.98 Å². The average molecular weight is 426 g/mol. The van der Waals surface area contributed by atoms with Crippen LogP contribution in [0.4, 0.5) is 11.5 Å². The summed E-state index contributed by atoms with van der Waals surface area (Å²) < 4.78 is 5.73. The highest BCUT2D eigenvalue weighted by Gasteiger charge is 2.28. The second-order valence-corrected chi connectivity index (χ2v) is 7.06. The first kappa shape index (κ1) is 20.1. The van der Waals surface area contributed by atoms with Gasteiger partial charge in [0.25, 0.3) is 11.8 Å². The normalized spacial score (nSPS) is 14.4. The minimum Gasteiger partial charge on any atom is -0.469 e. The van der Waals surface area contributed by atoms with E-state index < -0.39 is 16.5 Å². The van der Waals surface area contributed by atoms with Crippen molar-refractivity contribution in [1.29, 1.82) is 0 Å². The molecule has 148 valence electrons. The number of nitrogens with zero attached hydrogens (tertiary/aromatic N) is 3. The van der Waals surface area contributed by atoms with E-state index in [1.165, 1.54) is 18.2 Å². The van der Waals surface area contributed by atoms with Gasteiger partial charge in [-0.1, -0.05) is 29.6 Å². The summed E-state index contributed by atoms with van der Waals surface area (Å²) in [4.78, 5) is 30.9. The first-order valence-electron chi connectivity index (χ1n) is 8.63. The molecule has 28 heavy (non-hydrogen) atoms. The molecule has 2 N–H and O–H groups in total. The van der Waals surface area contributed by atoms with Crippen molar-refractivity contribution in [2.75, 3.05) is 5.43 Å². The first-order chi connectivity index (χ1) is 13.5. The van der Waals surface area contributed by atoms with Crippen LogP contribution in [-0.2, 0) is 0 Å². The van der Waals surface area contributed by atoms with E-state index in [2.05, 4.69) is 20.8 Å². The minimum absolute atomic E-state index is 0.127. The highest BCUT2D eigenvalue weighted by atomic mass is 35.5. The fourth-order valence-electron chi connectivity index (χ4n) is 2.90. The zero-order valence-corrected chi connectivity index (χ0v) is 16.2. The lowest BCUT2D eigenvalue weighted by Gasteiger charge is -2.22. The van der Waals surface area contributed by atoms with Gasteiger partial charge in [-0.05, 0) is 43.9 Å². The molecule has 9 nitrogen and oxygen atoms in total. The van der Waals surface area contributed by atoms with Gasteiger partial charge in [-0.2, -0.15) is 4.98 Å². The largest absolute Gasteiger partial charge is 0.469 e. The molecule has 0 atom stereocenters. The molecule has 1 aliphatic rings. The Labute approximate surface area is 170 Å². The van der Waals surface area contributed by atoms with Crippen molar-refractivity contribution in [3.8, 4) is 5.88 Å². The van der Waals surface area contributed by atoms with Crippen molar-refractivity contribution < 1.29 is 14.5 Å². The number of carbonyl (C=O) groups is 1. The number of benzene rings is 1. The Kier molecular flexibility index (Phi) is 6.48. The van der Waals surface area contributed by atoms with Gasteiger partial charge in [0, 0.05) is 5.02 Å². The van der Waals surface area contributed by atoms with Crippen molar-refractivity contribution in [3.63, 3.8) is 0 Å². The van der Waals surface area contributed by atoms with Crippen LogP contribution in [-0.4, -0.2) is 26.9 Å². The Bertz CT molecular complexity index is 890. The molecule has 3 rings (SSSR count). The molecule has 11 heteroatoms. The van der Waals surface area contributed by atoms with E-state index in [-0.39, 0.29) is 28.4 Å². The number of nitrogens with one attached hydrogen (secondary N) is 2. The number of hydrogen-bond acceptors (Lipinski definition) is 7. The molecule has 0 unspecified atom stereocenters. The number of carbonyl (C=O) groups excluding carboxylic acids is 1. The van der Waals surface area contributed by atoms with Crippen LogP contribution in [0.5, 0.6) is 5.88 Å². The monoisotopic (exact) mass is 425 g/mol. The van der Waals surface area contributed by atoms with E-state index in [0.717, 1.165) is 38.4 Å². The standard InChI is InChI=1S/C17H17Cl2N5O4/c18-10-6-7-12(13(19)8-10)16(25)23-22-15-14(24(26)27)17(21-9-20-15)28-11-4-2-1-3-5-11/h6-9,11H,1-5H2,(H,23,25)(H,20,21,22). The van der Waals surface area contributed by atoms with Crippen LogP contribution in [0.25, 0.3) is 0 Å². The molecule has 1 aliphatic carbocycles. The second kappa shape index (κ2) is 9.03. The fraction of sp³-hybridized carbons (Fsp3) is 0.353. The molecule has 0 bridgehead atoms. The summed E-state index contributed by atoms with van der Waals surface area (Å²) in [5.74, 6) is -0.929. The topological polar surface area (TPSA) is 119 Å². The van der Waals surface area contributed by atoms with Gasteiger partial charge in [0.1, 0.15) is 12.4 Å². The zero-order chi connectivity index (χ0) is 20.1. The van der Waals surface area contributed by atoms with Crippen LogP contribution in [0.15, 0.2) is 24.5 Å². The molecule has 1 heterocycles. The summed E-state index contributed by atoms with van der Waals surface area (Å²) in [5.41, 5.74) is 4.48. The lowest BCUT2D eigenvalue weighted by molar-refractivity contribution is -0.385. The number of hydrazine groups is 1. The maximum atomic E-state index is 12.3. The molecule has 0 saturated heterocycles. The second-order valence-electron chi connectivity index (χ2n) is 6.21. The van der Waals surface area contributed by atoms with Gasteiger partial charge in [0.2, 0.25) is 5.82 Å². The SMILES string of the molecule is O=C(NNc1ncnc(OC2CCCCC2)c1[N+](=O)[O-])c1ccc(Cl)cc1Cl. The molecule has 1 aromatic carbocycles. The number of anilines is 1. The highest BCUT2D eigenvalue weighted by Crippen LogP contribution is 2.33. The van der Waals surface area contributed by atoms with Gasteiger partial charge in [0.05, 0.1) is 15.5 Å². The summed E-state index contributed by atoms with van der Waals surface area (Å²) in [6.45, 7) is 0. The molecule has 1 saturated carbocycles. The van der Waals surface area contributed by atoms with Crippen molar-refractivity contribution in [2.24, 2.45) is 0 Å². The number of rotatable bonds is 6. The lowest BCUT2D eigenvalue weighted by Crippen LogP contribution is -2.30. The molecule has 1 aromatic heterocycles. The van der Waals surface area contributed by atoms with Crippen molar-refractivity contribution in [1.82, 2.24) is 15.4 Å². The Morgan fingerprint density at radius 3 is 2.64 bits per heavy atom. The van der Waals surface area contributed by atoms with Crippen LogP contribution in [0.3, 0.4) is 0 Å². The number of halogens is 2.